The summed E-state index contributed by atoms with van der Waals surface area (Å²) >= 11 is 0. The van der Waals surface area contributed by atoms with Crippen LogP contribution in [0.4, 0.5) is 8.78 Å². The highest BCUT2D eigenvalue weighted by Gasteiger charge is 2.20. The van der Waals surface area contributed by atoms with Crippen molar-refractivity contribution in [3.63, 3.8) is 0 Å². The Morgan fingerprint density at radius 1 is 0.571 bits per heavy atom. The summed E-state index contributed by atoms with van der Waals surface area (Å²) in [5, 5.41) is 0. The van der Waals surface area contributed by atoms with E-state index >= 15 is 0 Å². The van der Waals surface area contributed by atoms with E-state index in [1.54, 1.807) is 31.4 Å². The van der Waals surface area contributed by atoms with Gasteiger partial charge in [-0.2, -0.15) is 0 Å². The van der Waals surface area contributed by atoms with Crippen LogP contribution in [0.1, 0.15) is 0 Å². The first-order chi connectivity index (χ1) is 13.6. The van der Waals surface area contributed by atoms with Crippen molar-refractivity contribution in [3.05, 3.63) is 96.6 Å². The number of hydrogen-bond acceptors (Lipinski definition) is 1. The van der Waals surface area contributed by atoms with E-state index in [-0.39, 0.29) is 11.6 Å². The Balaban J connectivity index is 1.86. The van der Waals surface area contributed by atoms with E-state index < -0.39 is 0 Å². The Morgan fingerprint density at radius 2 is 1.00 bits per heavy atom. The predicted molar refractivity (Wildman–Crippen MR) is 106 cm³/mol. The number of ether oxygens (including phenoxy) is 1. The molecule has 0 unspecified atom stereocenters. The minimum Gasteiger partial charge on any atom is -0.497 e. The maximum Gasteiger partial charge on any atom is 0.361 e. The van der Waals surface area contributed by atoms with E-state index in [2.05, 4.69) is 0 Å². The minimum atomic E-state index is -0.311. The van der Waals surface area contributed by atoms with Crippen LogP contribution in [0.25, 0.3) is 33.8 Å². The third kappa shape index (κ3) is 3.76. The fourth-order valence-electron chi connectivity index (χ4n) is 2.96. The van der Waals surface area contributed by atoms with Gasteiger partial charge in [-0.25, -0.2) is 13.2 Å². The molecule has 28 heavy (non-hydrogen) atoms. The van der Waals surface area contributed by atoms with Crippen LogP contribution in [-0.2, 0) is 0 Å². The number of halogens is 2. The Kier molecular flexibility index (Phi) is 4.85. The zero-order valence-electron chi connectivity index (χ0n) is 15.2. The average Bonchev–Trinajstić information content (AvgIpc) is 2.74. The second-order valence-corrected chi connectivity index (χ2v) is 6.32. The molecular weight excluding hydrogens is 358 g/mol. The maximum absolute atomic E-state index is 13.3. The van der Waals surface area contributed by atoms with E-state index in [1.807, 2.05) is 36.4 Å². The molecule has 0 amide bonds. The van der Waals surface area contributed by atoms with E-state index in [0.29, 0.717) is 11.5 Å². The predicted octanol–water partition coefficient (Wildman–Crippen LogP) is 6.85. The number of hydrogen-bond donors (Lipinski definition) is 0. The number of rotatable bonds is 4. The molecule has 0 aliphatic rings. The molecule has 0 spiro atoms. The average molecular weight is 375 g/mol. The van der Waals surface area contributed by atoms with Crippen molar-refractivity contribution >= 4 is 0 Å². The van der Waals surface area contributed by atoms with E-state index in [9.17, 15) is 8.78 Å². The first-order valence-electron chi connectivity index (χ1n) is 8.77. The molecule has 4 heteroatoms. The van der Waals surface area contributed by atoms with Crippen LogP contribution in [0.5, 0.6) is 5.75 Å². The first kappa shape index (κ1) is 17.9. The summed E-state index contributed by atoms with van der Waals surface area (Å²) in [5.74, 6) is 1.32. The molecule has 4 aromatic rings. The van der Waals surface area contributed by atoms with Gasteiger partial charge in [0.15, 0.2) is 0 Å². The summed E-state index contributed by atoms with van der Waals surface area (Å²) in [6, 6.07) is 23.7. The monoisotopic (exact) mass is 375 g/mol. The van der Waals surface area contributed by atoms with Gasteiger partial charge in [-0.15, -0.1) is 0 Å². The Labute approximate surface area is 161 Å². The Morgan fingerprint density at radius 3 is 1.43 bits per heavy atom. The topological polar surface area (TPSA) is 20.5 Å². The van der Waals surface area contributed by atoms with Crippen LogP contribution in [-0.4, -0.2) is 7.11 Å². The highest BCUT2D eigenvalue weighted by atomic mass is 19.1. The maximum atomic E-state index is 13.3. The molecule has 0 bridgehead atoms. The van der Waals surface area contributed by atoms with E-state index in [4.69, 9.17) is 9.15 Å². The summed E-state index contributed by atoms with van der Waals surface area (Å²) in [5.41, 5.74) is 3.40. The van der Waals surface area contributed by atoms with E-state index in [0.717, 1.165) is 28.0 Å². The van der Waals surface area contributed by atoms with Gasteiger partial charge >= 0.3 is 11.5 Å². The fraction of sp³-hybridized carbons (Fsp3) is 0.0417. The largest absolute Gasteiger partial charge is 0.497 e. The molecule has 0 atom stereocenters. The van der Waals surface area contributed by atoms with Crippen LogP contribution in [0.15, 0.2) is 89.3 Å². The molecular formula is C24H17F2O2+. The lowest BCUT2D eigenvalue weighted by Gasteiger charge is -2.04. The summed E-state index contributed by atoms with van der Waals surface area (Å²) in [7, 11) is 1.62. The lowest BCUT2D eigenvalue weighted by atomic mass is 10.0. The standard InChI is InChI=1S/C24H17F2O2/c1-27-22-12-6-16(7-13-22)19-14-23(17-2-8-20(25)9-3-17)28-24(15-19)18-4-10-21(26)11-5-18/h2-15H,1H3/q+1. The molecule has 138 valence electrons. The molecule has 0 aliphatic carbocycles. The van der Waals surface area contributed by atoms with Crippen molar-refractivity contribution in [2.45, 2.75) is 0 Å². The number of benzene rings is 3. The highest BCUT2D eigenvalue weighted by Crippen LogP contribution is 2.33. The summed E-state index contributed by atoms with van der Waals surface area (Å²) < 4.78 is 37.9. The molecule has 0 saturated carbocycles. The van der Waals surface area contributed by atoms with Gasteiger partial charge in [-0.05, 0) is 66.2 Å². The molecule has 3 aromatic carbocycles. The van der Waals surface area contributed by atoms with Crippen molar-refractivity contribution in [2.75, 3.05) is 7.11 Å². The molecule has 0 fully saturated rings. The molecule has 0 aliphatic heterocycles. The van der Waals surface area contributed by atoms with Crippen LogP contribution in [0, 0.1) is 11.6 Å². The lowest BCUT2D eigenvalue weighted by molar-refractivity contribution is 0.415. The highest BCUT2D eigenvalue weighted by molar-refractivity contribution is 5.74. The van der Waals surface area contributed by atoms with Gasteiger partial charge in [-0.1, -0.05) is 12.1 Å². The van der Waals surface area contributed by atoms with Gasteiger partial charge in [-0.3, -0.25) is 0 Å². The van der Waals surface area contributed by atoms with Crippen molar-refractivity contribution in [3.8, 4) is 39.5 Å². The number of methoxy groups -OCH3 is 1. The first-order valence-corrected chi connectivity index (χ1v) is 8.77. The zero-order chi connectivity index (χ0) is 19.5. The molecule has 0 saturated heterocycles. The SMILES string of the molecule is COc1ccc(-c2cc(-c3ccc(F)cc3)[o+]c(-c3ccc(F)cc3)c2)cc1. The van der Waals surface area contributed by atoms with Crippen molar-refractivity contribution in [1.29, 1.82) is 0 Å². The van der Waals surface area contributed by atoms with Crippen molar-refractivity contribution < 1.29 is 17.9 Å². The molecule has 0 radical (unpaired) electrons. The van der Waals surface area contributed by atoms with Crippen LogP contribution >= 0.6 is 0 Å². The second kappa shape index (κ2) is 7.61. The quantitative estimate of drug-likeness (QED) is 0.364. The smallest absolute Gasteiger partial charge is 0.361 e. The molecule has 2 nitrogen and oxygen atoms in total. The lowest BCUT2D eigenvalue weighted by Crippen LogP contribution is -1.87. The Hall–Kier alpha value is -3.53. The van der Waals surface area contributed by atoms with Crippen LogP contribution in [0.3, 0.4) is 0 Å². The van der Waals surface area contributed by atoms with Crippen LogP contribution < -0.4 is 4.74 Å². The zero-order valence-corrected chi connectivity index (χ0v) is 15.2. The van der Waals surface area contributed by atoms with Gasteiger partial charge in [0.1, 0.15) is 17.4 Å². The third-order valence-electron chi connectivity index (χ3n) is 4.47. The molecule has 1 aromatic heterocycles. The summed E-state index contributed by atoms with van der Waals surface area (Å²) in [6.07, 6.45) is 0. The Bertz CT molecular complexity index is 1020. The van der Waals surface area contributed by atoms with Crippen molar-refractivity contribution in [1.82, 2.24) is 0 Å². The molecule has 1 heterocycles. The van der Waals surface area contributed by atoms with Gasteiger partial charge in [0.25, 0.3) is 0 Å². The normalized spacial score (nSPS) is 10.7. The van der Waals surface area contributed by atoms with Gasteiger partial charge < -0.3 is 4.74 Å². The third-order valence-corrected chi connectivity index (χ3v) is 4.47. The van der Waals surface area contributed by atoms with Gasteiger partial charge in [0, 0.05) is 5.56 Å². The fourth-order valence-corrected chi connectivity index (χ4v) is 2.96. The van der Waals surface area contributed by atoms with Gasteiger partial charge in [0.05, 0.1) is 30.4 Å². The molecule has 4 rings (SSSR count). The minimum absolute atomic E-state index is 0.311. The molecule has 0 N–H and O–H groups in total. The second-order valence-electron chi connectivity index (χ2n) is 6.32. The van der Waals surface area contributed by atoms with Crippen molar-refractivity contribution in [2.24, 2.45) is 0 Å². The van der Waals surface area contributed by atoms with E-state index in [1.165, 1.54) is 24.3 Å². The summed E-state index contributed by atoms with van der Waals surface area (Å²) in [6.45, 7) is 0. The van der Waals surface area contributed by atoms with Gasteiger partial charge in [0.2, 0.25) is 0 Å². The van der Waals surface area contributed by atoms with Crippen LogP contribution in [0.2, 0.25) is 0 Å². The summed E-state index contributed by atoms with van der Waals surface area (Å²) in [4.78, 5) is 0.